The summed E-state index contributed by atoms with van der Waals surface area (Å²) in [6.45, 7) is 0. The van der Waals surface area contributed by atoms with E-state index >= 15 is 0 Å². The minimum absolute atomic E-state index is 0.196. The minimum Gasteiger partial charge on any atom is -0.315 e. The van der Waals surface area contributed by atoms with Gasteiger partial charge in [-0.15, -0.1) is 0 Å². The molecule has 0 radical (unpaired) electrons. The summed E-state index contributed by atoms with van der Waals surface area (Å²) in [6.07, 6.45) is 6.11. The van der Waals surface area contributed by atoms with Crippen LogP contribution in [0.5, 0.6) is 0 Å². The van der Waals surface area contributed by atoms with Crippen LogP contribution >= 0.6 is 0 Å². The van der Waals surface area contributed by atoms with Gasteiger partial charge in [0.2, 0.25) is 5.91 Å². The quantitative estimate of drug-likeness (QED) is 0.590. The fourth-order valence-electron chi connectivity index (χ4n) is 2.42. The number of aryl methyl sites for hydroxylation is 2. The largest absolute Gasteiger partial charge is 0.315 e. The number of carbonyl (C=O) groups is 2. The summed E-state index contributed by atoms with van der Waals surface area (Å²) in [7, 11) is 1.84. The van der Waals surface area contributed by atoms with E-state index in [2.05, 4.69) is 12.1 Å². The lowest BCUT2D eigenvalue weighted by Crippen LogP contribution is -2.31. The van der Waals surface area contributed by atoms with Crippen molar-refractivity contribution < 1.29 is 9.59 Å². The monoisotopic (exact) mass is 245 g/mol. The van der Waals surface area contributed by atoms with Gasteiger partial charge in [0.25, 0.3) is 0 Å². The van der Waals surface area contributed by atoms with Crippen molar-refractivity contribution in [3.05, 3.63) is 29.3 Å². The van der Waals surface area contributed by atoms with E-state index in [0.717, 1.165) is 37.7 Å². The molecule has 18 heavy (non-hydrogen) atoms. The SMILES string of the molecule is CN1C(=O)CCc2cc(CCCCC=O)ccc21. The summed E-state index contributed by atoms with van der Waals surface area (Å²) in [5.74, 6) is 0.196. The van der Waals surface area contributed by atoms with E-state index in [1.807, 2.05) is 13.1 Å². The maximum Gasteiger partial charge on any atom is 0.227 e. The van der Waals surface area contributed by atoms with Crippen LogP contribution in [0, 0.1) is 0 Å². The second kappa shape index (κ2) is 5.80. The highest BCUT2D eigenvalue weighted by atomic mass is 16.2. The molecule has 0 atom stereocenters. The molecule has 0 N–H and O–H groups in total. The van der Waals surface area contributed by atoms with Gasteiger partial charge in [0.1, 0.15) is 6.29 Å². The van der Waals surface area contributed by atoms with E-state index in [1.54, 1.807) is 4.90 Å². The Hall–Kier alpha value is -1.64. The molecular formula is C15H19NO2. The summed E-state index contributed by atoms with van der Waals surface area (Å²) in [5.41, 5.74) is 3.62. The number of amides is 1. The molecule has 1 aromatic rings. The molecule has 1 aliphatic heterocycles. The third kappa shape index (κ3) is 2.78. The van der Waals surface area contributed by atoms with Crippen LogP contribution in [0.1, 0.15) is 36.8 Å². The van der Waals surface area contributed by atoms with Gasteiger partial charge in [0, 0.05) is 25.6 Å². The van der Waals surface area contributed by atoms with Crippen LogP contribution in [0.25, 0.3) is 0 Å². The highest BCUT2D eigenvalue weighted by molar-refractivity contribution is 5.95. The van der Waals surface area contributed by atoms with Crippen LogP contribution in [0.2, 0.25) is 0 Å². The Morgan fingerprint density at radius 2 is 2.11 bits per heavy atom. The Morgan fingerprint density at radius 1 is 1.28 bits per heavy atom. The summed E-state index contributed by atoms with van der Waals surface area (Å²) in [6, 6.07) is 6.34. The molecule has 2 rings (SSSR count). The zero-order valence-electron chi connectivity index (χ0n) is 10.8. The minimum atomic E-state index is 0.196. The number of nitrogens with zero attached hydrogens (tertiary/aromatic N) is 1. The van der Waals surface area contributed by atoms with Crippen molar-refractivity contribution in [3.8, 4) is 0 Å². The second-order valence-electron chi connectivity index (χ2n) is 4.83. The first kappa shape index (κ1) is 12.8. The van der Waals surface area contributed by atoms with E-state index in [9.17, 15) is 9.59 Å². The third-order valence-electron chi connectivity index (χ3n) is 3.52. The maximum atomic E-state index is 11.6. The highest BCUT2D eigenvalue weighted by Crippen LogP contribution is 2.27. The van der Waals surface area contributed by atoms with Gasteiger partial charge in [0.05, 0.1) is 0 Å². The number of fused-ring (bicyclic) bond motifs is 1. The number of carbonyl (C=O) groups excluding carboxylic acids is 2. The molecule has 3 heteroatoms. The van der Waals surface area contributed by atoms with E-state index < -0.39 is 0 Å². The number of unbranched alkanes of at least 4 members (excludes halogenated alkanes) is 2. The van der Waals surface area contributed by atoms with Crippen molar-refractivity contribution in [1.29, 1.82) is 0 Å². The highest BCUT2D eigenvalue weighted by Gasteiger charge is 2.20. The van der Waals surface area contributed by atoms with Crippen molar-refractivity contribution in [2.45, 2.75) is 38.5 Å². The summed E-state index contributed by atoms with van der Waals surface area (Å²) in [4.78, 5) is 23.6. The van der Waals surface area contributed by atoms with Crippen LogP contribution in [-0.4, -0.2) is 19.2 Å². The summed E-state index contributed by atoms with van der Waals surface area (Å²) >= 11 is 0. The van der Waals surface area contributed by atoms with Gasteiger partial charge in [-0.25, -0.2) is 0 Å². The normalized spacial score (nSPS) is 14.5. The third-order valence-corrected chi connectivity index (χ3v) is 3.52. The smallest absolute Gasteiger partial charge is 0.227 e. The second-order valence-corrected chi connectivity index (χ2v) is 4.83. The predicted octanol–water partition coefficient (Wildman–Crippen LogP) is 2.51. The molecule has 1 aromatic carbocycles. The molecule has 0 saturated heterocycles. The first-order chi connectivity index (χ1) is 8.72. The Balaban J connectivity index is 2.03. The van der Waals surface area contributed by atoms with Gasteiger partial charge in [-0.05, 0) is 42.9 Å². The molecule has 96 valence electrons. The first-order valence-corrected chi connectivity index (χ1v) is 6.54. The van der Waals surface area contributed by atoms with E-state index in [0.29, 0.717) is 12.8 Å². The standard InChI is InChI=1S/C15H19NO2/c1-16-14-8-6-12(5-3-2-4-10-17)11-13(14)7-9-15(16)18/h6,8,10-11H,2-5,7,9H2,1H3. The van der Waals surface area contributed by atoms with Crippen molar-refractivity contribution in [3.63, 3.8) is 0 Å². The average molecular weight is 245 g/mol. The van der Waals surface area contributed by atoms with Crippen molar-refractivity contribution in [1.82, 2.24) is 0 Å². The van der Waals surface area contributed by atoms with Gasteiger partial charge in [0.15, 0.2) is 0 Å². The average Bonchev–Trinajstić information content (AvgIpc) is 2.39. The van der Waals surface area contributed by atoms with Gasteiger partial charge in [-0.2, -0.15) is 0 Å². The maximum absolute atomic E-state index is 11.6. The van der Waals surface area contributed by atoms with E-state index in [-0.39, 0.29) is 5.91 Å². The van der Waals surface area contributed by atoms with Gasteiger partial charge in [-0.3, -0.25) is 4.79 Å². The Bertz CT molecular complexity index is 454. The lowest BCUT2D eigenvalue weighted by molar-refractivity contribution is -0.118. The molecule has 0 aliphatic carbocycles. The molecule has 0 bridgehead atoms. The number of aldehydes is 1. The number of hydrogen-bond acceptors (Lipinski definition) is 2. The lowest BCUT2D eigenvalue weighted by atomic mass is 9.97. The zero-order valence-corrected chi connectivity index (χ0v) is 10.8. The molecule has 0 spiro atoms. The fourth-order valence-corrected chi connectivity index (χ4v) is 2.42. The lowest BCUT2D eigenvalue weighted by Gasteiger charge is -2.26. The molecule has 0 saturated carbocycles. The van der Waals surface area contributed by atoms with Crippen LogP contribution < -0.4 is 4.90 Å². The Kier molecular flexibility index (Phi) is 4.13. The van der Waals surface area contributed by atoms with Crippen LogP contribution in [-0.2, 0) is 22.4 Å². The molecule has 0 unspecified atom stereocenters. The number of benzene rings is 1. The predicted molar refractivity (Wildman–Crippen MR) is 71.8 cm³/mol. The number of anilines is 1. The van der Waals surface area contributed by atoms with E-state index in [1.165, 1.54) is 11.1 Å². The van der Waals surface area contributed by atoms with Crippen LogP contribution in [0.3, 0.4) is 0 Å². The molecule has 0 fully saturated rings. The van der Waals surface area contributed by atoms with Crippen molar-refractivity contribution in [2.75, 3.05) is 11.9 Å². The van der Waals surface area contributed by atoms with Gasteiger partial charge >= 0.3 is 0 Å². The molecular weight excluding hydrogens is 226 g/mol. The molecule has 0 aromatic heterocycles. The van der Waals surface area contributed by atoms with Gasteiger partial charge in [-0.1, -0.05) is 12.1 Å². The fraction of sp³-hybridized carbons (Fsp3) is 0.467. The summed E-state index contributed by atoms with van der Waals surface area (Å²) < 4.78 is 0. The molecule has 1 aliphatic rings. The molecule has 3 nitrogen and oxygen atoms in total. The number of rotatable bonds is 5. The Morgan fingerprint density at radius 3 is 2.89 bits per heavy atom. The number of hydrogen-bond donors (Lipinski definition) is 0. The molecule has 1 heterocycles. The Labute approximate surface area is 108 Å². The van der Waals surface area contributed by atoms with E-state index in [4.69, 9.17) is 0 Å². The van der Waals surface area contributed by atoms with Crippen molar-refractivity contribution >= 4 is 17.9 Å². The first-order valence-electron chi connectivity index (χ1n) is 6.54. The molecule has 1 amide bonds. The zero-order chi connectivity index (χ0) is 13.0. The van der Waals surface area contributed by atoms with Crippen molar-refractivity contribution in [2.24, 2.45) is 0 Å². The van der Waals surface area contributed by atoms with Crippen LogP contribution in [0.15, 0.2) is 18.2 Å². The topological polar surface area (TPSA) is 37.4 Å². The summed E-state index contributed by atoms with van der Waals surface area (Å²) in [5, 5.41) is 0. The van der Waals surface area contributed by atoms with Crippen LogP contribution in [0.4, 0.5) is 5.69 Å². The van der Waals surface area contributed by atoms with Gasteiger partial charge < -0.3 is 9.69 Å².